The Morgan fingerprint density at radius 2 is 1.64 bits per heavy atom. The summed E-state index contributed by atoms with van der Waals surface area (Å²) in [7, 11) is 0. The van der Waals surface area contributed by atoms with E-state index < -0.39 is 0 Å². The number of nitrogens with zero attached hydrogens (tertiary/aromatic N) is 3. The number of rotatable bonds is 7. The lowest BCUT2D eigenvalue weighted by atomic mass is 10.0. The van der Waals surface area contributed by atoms with Gasteiger partial charge in [0.15, 0.2) is 5.65 Å². The molecule has 0 bridgehead atoms. The van der Waals surface area contributed by atoms with Crippen LogP contribution in [0.3, 0.4) is 0 Å². The van der Waals surface area contributed by atoms with Crippen molar-refractivity contribution >= 4 is 23.2 Å². The van der Waals surface area contributed by atoms with Gasteiger partial charge in [-0.2, -0.15) is 9.61 Å². The summed E-state index contributed by atoms with van der Waals surface area (Å²) in [5.41, 5.74) is 5.62. The molecule has 0 spiro atoms. The van der Waals surface area contributed by atoms with Gasteiger partial charge < -0.3 is 21.1 Å². The molecule has 0 saturated carbocycles. The molecule has 2 aromatic heterocycles. The molecule has 8 nitrogen and oxygen atoms in total. The normalized spacial score (nSPS) is 10.8. The molecule has 0 radical (unpaired) electrons. The van der Waals surface area contributed by atoms with E-state index in [9.17, 15) is 9.90 Å². The van der Waals surface area contributed by atoms with Crippen LogP contribution < -0.4 is 16.0 Å². The van der Waals surface area contributed by atoms with Crippen LogP contribution in [-0.4, -0.2) is 38.8 Å². The number of hydrogen-bond donors (Lipinski definition) is 4. The number of amides is 2. The van der Waals surface area contributed by atoms with Gasteiger partial charge in [0.1, 0.15) is 11.6 Å². The third-order valence-electron chi connectivity index (χ3n) is 5.80. The molecule has 5 aromatic rings. The van der Waals surface area contributed by atoms with Crippen LogP contribution in [-0.2, 0) is 0 Å². The maximum Gasteiger partial charge on any atom is 0.319 e. The first kappa shape index (κ1) is 22.9. The van der Waals surface area contributed by atoms with Gasteiger partial charge in [-0.15, -0.1) is 0 Å². The summed E-state index contributed by atoms with van der Waals surface area (Å²) in [6.45, 7) is 2.79. The highest BCUT2D eigenvalue weighted by Crippen LogP contribution is 2.30. The summed E-state index contributed by atoms with van der Waals surface area (Å²) >= 11 is 0. The molecule has 0 aliphatic carbocycles. The minimum atomic E-state index is -0.287. The number of anilines is 2. The lowest BCUT2D eigenvalue weighted by Gasteiger charge is -2.14. The van der Waals surface area contributed by atoms with Gasteiger partial charge >= 0.3 is 6.03 Å². The van der Waals surface area contributed by atoms with Crippen molar-refractivity contribution in [3.8, 4) is 28.1 Å². The van der Waals surface area contributed by atoms with Crippen molar-refractivity contribution in [3.63, 3.8) is 0 Å². The van der Waals surface area contributed by atoms with Crippen LogP contribution in [0.2, 0.25) is 0 Å². The number of para-hydroxylation sites is 2. The monoisotopic (exact) mass is 478 g/mol. The predicted molar refractivity (Wildman–Crippen MR) is 142 cm³/mol. The molecular formula is C28H26N6O2. The molecule has 2 heterocycles. The summed E-state index contributed by atoms with van der Waals surface area (Å²) in [5.74, 6) is 0.870. The lowest BCUT2D eigenvalue weighted by Crippen LogP contribution is -2.33. The molecule has 0 unspecified atom stereocenters. The van der Waals surface area contributed by atoms with Crippen LogP contribution in [0.5, 0.6) is 5.75 Å². The van der Waals surface area contributed by atoms with Gasteiger partial charge in [-0.05, 0) is 30.7 Å². The van der Waals surface area contributed by atoms with Crippen molar-refractivity contribution in [1.82, 2.24) is 19.9 Å². The van der Waals surface area contributed by atoms with E-state index in [2.05, 4.69) is 26.0 Å². The second-order valence-electron chi connectivity index (χ2n) is 8.33. The molecule has 0 aliphatic rings. The number of aromatic nitrogens is 3. The van der Waals surface area contributed by atoms with Crippen LogP contribution in [0.1, 0.15) is 5.56 Å². The van der Waals surface area contributed by atoms with E-state index in [4.69, 9.17) is 0 Å². The first-order valence-electron chi connectivity index (χ1n) is 11.7. The highest BCUT2D eigenvalue weighted by Gasteiger charge is 2.13. The molecule has 180 valence electrons. The van der Waals surface area contributed by atoms with Crippen LogP contribution in [0.4, 0.5) is 16.3 Å². The zero-order chi connectivity index (χ0) is 24.9. The third-order valence-corrected chi connectivity index (χ3v) is 5.80. The molecule has 0 atom stereocenters. The standard InChI is InChI=1S/C28H26N6O2/c1-19-18-31-34-26(17-24(32-27(19)34)22-12-6-8-14-25(22)35)29-15-16-30-28(36)33-23-13-7-5-11-21(23)20-9-3-2-4-10-20/h2-14,17-18,29,35H,15-16H2,1H3,(H2,30,33,36). The molecule has 36 heavy (non-hydrogen) atoms. The minimum absolute atomic E-state index is 0.159. The molecule has 0 saturated heterocycles. The van der Waals surface area contributed by atoms with Crippen LogP contribution in [0.25, 0.3) is 28.0 Å². The summed E-state index contributed by atoms with van der Waals surface area (Å²) in [5, 5.41) is 23.9. The Morgan fingerprint density at radius 3 is 2.44 bits per heavy atom. The number of phenols is 1. The van der Waals surface area contributed by atoms with Crippen LogP contribution in [0, 0.1) is 6.92 Å². The quantitative estimate of drug-likeness (QED) is 0.237. The maximum absolute atomic E-state index is 12.6. The number of aryl methyl sites for hydroxylation is 1. The van der Waals surface area contributed by atoms with E-state index in [1.165, 1.54) is 0 Å². The molecule has 3 aromatic carbocycles. The Morgan fingerprint density at radius 1 is 0.917 bits per heavy atom. The van der Waals surface area contributed by atoms with Gasteiger partial charge in [0.25, 0.3) is 0 Å². The molecule has 8 heteroatoms. The zero-order valence-electron chi connectivity index (χ0n) is 19.8. The number of carbonyl (C=O) groups excluding carboxylic acids is 1. The number of benzene rings is 3. The number of fused-ring (bicyclic) bond motifs is 1. The van der Waals surface area contributed by atoms with Crippen molar-refractivity contribution in [2.24, 2.45) is 0 Å². The number of nitrogens with one attached hydrogen (secondary N) is 3. The Hall–Kier alpha value is -4.85. The van der Waals surface area contributed by atoms with Gasteiger partial charge in [0.2, 0.25) is 0 Å². The van der Waals surface area contributed by atoms with Crippen molar-refractivity contribution in [2.75, 3.05) is 23.7 Å². The first-order chi connectivity index (χ1) is 17.6. The van der Waals surface area contributed by atoms with Gasteiger partial charge in [-0.25, -0.2) is 9.78 Å². The fourth-order valence-corrected chi connectivity index (χ4v) is 4.02. The topological polar surface area (TPSA) is 104 Å². The van der Waals surface area contributed by atoms with E-state index in [1.807, 2.05) is 79.7 Å². The van der Waals surface area contributed by atoms with Gasteiger partial charge in [-0.3, -0.25) is 0 Å². The van der Waals surface area contributed by atoms with Crippen molar-refractivity contribution in [1.29, 1.82) is 0 Å². The van der Waals surface area contributed by atoms with E-state index in [0.717, 1.165) is 22.4 Å². The Balaban J connectivity index is 1.25. The largest absolute Gasteiger partial charge is 0.507 e. The molecule has 5 rings (SSSR count). The first-order valence-corrected chi connectivity index (χ1v) is 11.7. The second-order valence-corrected chi connectivity index (χ2v) is 8.33. The van der Waals surface area contributed by atoms with E-state index in [1.54, 1.807) is 22.8 Å². The smallest absolute Gasteiger partial charge is 0.319 e. The molecule has 0 aliphatic heterocycles. The van der Waals surface area contributed by atoms with Crippen LogP contribution in [0.15, 0.2) is 91.1 Å². The number of urea groups is 1. The molecule has 0 fully saturated rings. The lowest BCUT2D eigenvalue weighted by molar-refractivity contribution is 0.252. The fourth-order valence-electron chi connectivity index (χ4n) is 4.02. The maximum atomic E-state index is 12.6. The molecule has 4 N–H and O–H groups in total. The Kier molecular flexibility index (Phi) is 6.48. The average molecular weight is 479 g/mol. The summed E-state index contributed by atoms with van der Waals surface area (Å²) in [6, 6.07) is 26.3. The highest BCUT2D eigenvalue weighted by atomic mass is 16.3. The van der Waals surface area contributed by atoms with Crippen LogP contribution >= 0.6 is 0 Å². The van der Waals surface area contributed by atoms with Crippen molar-refractivity contribution < 1.29 is 9.90 Å². The van der Waals surface area contributed by atoms with Gasteiger partial charge in [-0.1, -0.05) is 60.7 Å². The third kappa shape index (κ3) is 4.83. The highest BCUT2D eigenvalue weighted by molar-refractivity contribution is 5.94. The summed E-state index contributed by atoms with van der Waals surface area (Å²) in [4.78, 5) is 17.3. The fraction of sp³-hybridized carbons (Fsp3) is 0.107. The zero-order valence-corrected chi connectivity index (χ0v) is 19.8. The summed E-state index contributed by atoms with van der Waals surface area (Å²) < 4.78 is 1.72. The predicted octanol–water partition coefficient (Wildman–Crippen LogP) is 5.31. The summed E-state index contributed by atoms with van der Waals surface area (Å²) in [6.07, 6.45) is 1.75. The number of carbonyl (C=O) groups is 1. The average Bonchev–Trinajstić information content (AvgIpc) is 3.28. The van der Waals surface area contributed by atoms with Crippen molar-refractivity contribution in [3.05, 3.63) is 96.7 Å². The number of phenolic OH excluding ortho intramolecular Hbond substituents is 1. The van der Waals surface area contributed by atoms with E-state index >= 15 is 0 Å². The van der Waals surface area contributed by atoms with Crippen molar-refractivity contribution in [2.45, 2.75) is 6.92 Å². The Labute approximate surface area is 208 Å². The van der Waals surface area contributed by atoms with E-state index in [0.29, 0.717) is 35.8 Å². The van der Waals surface area contributed by atoms with E-state index in [-0.39, 0.29) is 11.8 Å². The second kappa shape index (κ2) is 10.2. The number of aromatic hydroxyl groups is 1. The van der Waals surface area contributed by atoms with Gasteiger partial charge in [0.05, 0.1) is 17.6 Å². The number of hydrogen-bond acceptors (Lipinski definition) is 5. The Bertz CT molecular complexity index is 1510. The van der Waals surface area contributed by atoms with Gasteiger partial charge in [0, 0.05) is 35.8 Å². The minimum Gasteiger partial charge on any atom is -0.507 e. The molecule has 2 amide bonds. The SMILES string of the molecule is Cc1cnn2c(NCCNC(=O)Nc3ccccc3-c3ccccc3)cc(-c3ccccc3O)nc12. The molecular weight excluding hydrogens is 452 g/mol.